The highest BCUT2D eigenvalue weighted by Crippen LogP contribution is 2.41. The molecule has 1 aromatic heterocycles. The second-order valence-electron chi connectivity index (χ2n) is 6.04. The van der Waals surface area contributed by atoms with Gasteiger partial charge in [0.25, 0.3) is 0 Å². The molecule has 24 heavy (non-hydrogen) atoms. The second-order valence-corrected chi connectivity index (χ2v) is 6.04. The summed E-state index contributed by atoms with van der Waals surface area (Å²) in [5.41, 5.74) is 2.83. The smallest absolute Gasteiger partial charge is 0.170 e. The topological polar surface area (TPSA) is 55.1 Å². The molecule has 0 N–H and O–H groups in total. The molecular weight excluding hydrogens is 300 g/mol. The van der Waals surface area contributed by atoms with E-state index in [1.807, 2.05) is 56.3 Å². The van der Waals surface area contributed by atoms with Crippen LogP contribution in [0.1, 0.15) is 30.5 Å². The van der Waals surface area contributed by atoms with E-state index in [0.717, 1.165) is 16.7 Å². The first-order chi connectivity index (χ1) is 11.5. The van der Waals surface area contributed by atoms with Gasteiger partial charge in [-0.3, -0.25) is 4.98 Å². The molecule has 0 aliphatic carbocycles. The lowest BCUT2D eigenvalue weighted by molar-refractivity contribution is 0.152. The predicted molar refractivity (Wildman–Crippen MR) is 94.5 cm³/mol. The van der Waals surface area contributed by atoms with Crippen LogP contribution in [0.2, 0.25) is 0 Å². The van der Waals surface area contributed by atoms with Crippen LogP contribution in [0.5, 0.6) is 11.5 Å². The Bertz CT molecular complexity index is 859. The first-order valence-electron chi connectivity index (χ1n) is 7.65. The summed E-state index contributed by atoms with van der Waals surface area (Å²) in [6, 6.07) is 9.69. The molecule has 0 bridgehead atoms. The van der Waals surface area contributed by atoms with Crippen LogP contribution in [0.25, 0.3) is 17.7 Å². The number of nitriles is 1. The highest BCUT2D eigenvalue weighted by molar-refractivity contribution is 5.92. The minimum Gasteiger partial charge on any atom is -0.493 e. The molecule has 1 aliphatic rings. The molecule has 0 amide bonds. The standard InChI is InChI=1S/C20H18N2O2/c1-20(2)9-6-17-15(4-5-18(23-3)19(17)24-20)12-16(13-21)14-7-10-22-11-8-14/h4-12H,1-3H3. The molecule has 3 rings (SSSR count). The maximum Gasteiger partial charge on any atom is 0.170 e. The minimum atomic E-state index is -0.397. The van der Waals surface area contributed by atoms with Gasteiger partial charge in [0, 0.05) is 18.0 Å². The van der Waals surface area contributed by atoms with Gasteiger partial charge in [-0.2, -0.15) is 5.26 Å². The summed E-state index contributed by atoms with van der Waals surface area (Å²) < 4.78 is 11.5. The molecule has 0 radical (unpaired) electrons. The second kappa shape index (κ2) is 6.21. The van der Waals surface area contributed by atoms with E-state index in [0.29, 0.717) is 17.1 Å². The van der Waals surface area contributed by atoms with E-state index >= 15 is 0 Å². The first-order valence-corrected chi connectivity index (χ1v) is 7.65. The maximum atomic E-state index is 9.52. The summed E-state index contributed by atoms with van der Waals surface area (Å²) in [6.07, 6.45) is 9.24. The van der Waals surface area contributed by atoms with Gasteiger partial charge in [-0.05, 0) is 55.3 Å². The average molecular weight is 318 g/mol. The van der Waals surface area contributed by atoms with Gasteiger partial charge in [0.05, 0.1) is 18.8 Å². The first kappa shape index (κ1) is 15.8. The third kappa shape index (κ3) is 3.02. The zero-order chi connectivity index (χ0) is 17.2. The van der Waals surface area contributed by atoms with E-state index in [9.17, 15) is 5.26 Å². The van der Waals surface area contributed by atoms with Crippen molar-refractivity contribution in [1.29, 1.82) is 5.26 Å². The molecule has 0 unspecified atom stereocenters. The summed E-state index contributed by atoms with van der Waals surface area (Å²) >= 11 is 0. The van der Waals surface area contributed by atoms with Crippen molar-refractivity contribution in [2.24, 2.45) is 0 Å². The minimum absolute atomic E-state index is 0.397. The fourth-order valence-electron chi connectivity index (χ4n) is 2.61. The van der Waals surface area contributed by atoms with Crippen molar-refractivity contribution in [1.82, 2.24) is 4.98 Å². The highest BCUT2D eigenvalue weighted by atomic mass is 16.5. The summed E-state index contributed by atoms with van der Waals surface area (Å²) in [6.45, 7) is 3.98. The molecule has 0 spiro atoms. The predicted octanol–water partition coefficient (Wildman–Crippen LogP) is 4.34. The molecule has 0 saturated heterocycles. The van der Waals surface area contributed by atoms with Crippen molar-refractivity contribution in [3.8, 4) is 17.6 Å². The lowest BCUT2D eigenvalue weighted by Crippen LogP contribution is -2.28. The lowest BCUT2D eigenvalue weighted by Gasteiger charge is -2.29. The van der Waals surface area contributed by atoms with Crippen molar-refractivity contribution >= 4 is 17.7 Å². The molecule has 4 nitrogen and oxygen atoms in total. The fourth-order valence-corrected chi connectivity index (χ4v) is 2.61. The van der Waals surface area contributed by atoms with Crippen LogP contribution in [0.4, 0.5) is 0 Å². The molecule has 2 aromatic rings. The van der Waals surface area contributed by atoms with Crippen LogP contribution in [0.15, 0.2) is 42.7 Å². The number of pyridine rings is 1. The number of hydrogen-bond donors (Lipinski definition) is 0. The van der Waals surface area contributed by atoms with Crippen molar-refractivity contribution in [2.75, 3.05) is 7.11 Å². The number of hydrogen-bond acceptors (Lipinski definition) is 4. The number of nitrogens with zero attached hydrogens (tertiary/aromatic N) is 2. The third-order valence-corrected chi connectivity index (χ3v) is 3.84. The Morgan fingerprint density at radius 3 is 2.67 bits per heavy atom. The average Bonchev–Trinajstić information content (AvgIpc) is 2.59. The normalized spacial score (nSPS) is 15.2. The Morgan fingerprint density at radius 1 is 1.25 bits per heavy atom. The SMILES string of the molecule is COc1ccc(C=C(C#N)c2ccncc2)c2c1OC(C)(C)C=C2. The molecule has 0 fully saturated rings. The van der Waals surface area contributed by atoms with Gasteiger partial charge in [0.1, 0.15) is 5.60 Å². The van der Waals surface area contributed by atoms with E-state index in [2.05, 4.69) is 11.1 Å². The number of fused-ring (bicyclic) bond motifs is 1. The summed E-state index contributed by atoms with van der Waals surface area (Å²) in [4.78, 5) is 3.99. The van der Waals surface area contributed by atoms with Crippen LogP contribution >= 0.6 is 0 Å². The van der Waals surface area contributed by atoms with Crippen LogP contribution < -0.4 is 9.47 Å². The van der Waals surface area contributed by atoms with E-state index in [1.54, 1.807) is 19.5 Å². The van der Waals surface area contributed by atoms with Crippen molar-refractivity contribution < 1.29 is 9.47 Å². The molecule has 0 saturated carbocycles. The lowest BCUT2D eigenvalue weighted by atomic mass is 9.96. The zero-order valence-electron chi connectivity index (χ0n) is 13.9. The van der Waals surface area contributed by atoms with Crippen molar-refractivity contribution in [3.05, 3.63) is 59.4 Å². The van der Waals surface area contributed by atoms with E-state index in [-0.39, 0.29) is 0 Å². The summed E-state index contributed by atoms with van der Waals surface area (Å²) in [5.74, 6) is 1.38. The van der Waals surface area contributed by atoms with Gasteiger partial charge in [-0.1, -0.05) is 12.1 Å². The van der Waals surface area contributed by atoms with Gasteiger partial charge in [-0.15, -0.1) is 0 Å². The zero-order valence-corrected chi connectivity index (χ0v) is 13.9. The fraction of sp³-hybridized carbons (Fsp3) is 0.200. The largest absolute Gasteiger partial charge is 0.493 e. The van der Waals surface area contributed by atoms with Crippen molar-refractivity contribution in [3.63, 3.8) is 0 Å². The number of aromatic nitrogens is 1. The van der Waals surface area contributed by atoms with Crippen LogP contribution in [0, 0.1) is 11.3 Å². The highest BCUT2D eigenvalue weighted by Gasteiger charge is 2.26. The molecule has 2 heterocycles. The summed E-state index contributed by atoms with van der Waals surface area (Å²) in [5, 5.41) is 9.52. The number of methoxy groups -OCH3 is 1. The third-order valence-electron chi connectivity index (χ3n) is 3.84. The Balaban J connectivity index is 2.13. The molecule has 120 valence electrons. The Labute approximate surface area is 141 Å². The Kier molecular flexibility index (Phi) is 4.09. The molecule has 4 heteroatoms. The molecular formula is C20H18N2O2. The van der Waals surface area contributed by atoms with Gasteiger partial charge in [-0.25, -0.2) is 0 Å². The number of rotatable bonds is 3. The van der Waals surface area contributed by atoms with Gasteiger partial charge in [0.2, 0.25) is 0 Å². The number of allylic oxidation sites excluding steroid dienone is 1. The Morgan fingerprint density at radius 2 is 2.00 bits per heavy atom. The molecule has 1 aliphatic heterocycles. The number of ether oxygens (including phenoxy) is 2. The monoisotopic (exact) mass is 318 g/mol. The van der Waals surface area contributed by atoms with E-state index in [1.165, 1.54) is 0 Å². The van der Waals surface area contributed by atoms with Gasteiger partial charge >= 0.3 is 0 Å². The van der Waals surface area contributed by atoms with Gasteiger partial charge < -0.3 is 9.47 Å². The van der Waals surface area contributed by atoms with Crippen LogP contribution in [0.3, 0.4) is 0 Å². The van der Waals surface area contributed by atoms with Crippen molar-refractivity contribution in [2.45, 2.75) is 19.4 Å². The molecule has 0 atom stereocenters. The van der Waals surface area contributed by atoms with Gasteiger partial charge in [0.15, 0.2) is 11.5 Å². The van der Waals surface area contributed by atoms with Crippen LogP contribution in [-0.4, -0.2) is 17.7 Å². The van der Waals surface area contributed by atoms with Crippen LogP contribution in [-0.2, 0) is 0 Å². The van der Waals surface area contributed by atoms with E-state index < -0.39 is 5.60 Å². The summed E-state index contributed by atoms with van der Waals surface area (Å²) in [7, 11) is 1.62. The quantitative estimate of drug-likeness (QED) is 0.790. The Hall–Kier alpha value is -3.06. The number of benzene rings is 1. The van der Waals surface area contributed by atoms with E-state index in [4.69, 9.17) is 9.47 Å². The maximum absolute atomic E-state index is 9.52. The molecule has 1 aromatic carbocycles.